The molecule has 204 valence electrons. The van der Waals surface area contributed by atoms with Crippen molar-refractivity contribution < 1.29 is 31.5 Å². The van der Waals surface area contributed by atoms with Crippen molar-refractivity contribution in [1.82, 2.24) is 25.2 Å². The van der Waals surface area contributed by atoms with Gasteiger partial charge in [0.15, 0.2) is 0 Å². The van der Waals surface area contributed by atoms with Crippen molar-refractivity contribution in [3.63, 3.8) is 0 Å². The van der Waals surface area contributed by atoms with Gasteiger partial charge in [-0.2, -0.15) is 13.2 Å². The van der Waals surface area contributed by atoms with Gasteiger partial charge in [0.1, 0.15) is 10.8 Å². The number of benzene rings is 1. The number of amides is 1. The molecule has 3 heterocycles. The van der Waals surface area contributed by atoms with Gasteiger partial charge in [-0.3, -0.25) is 4.79 Å². The zero-order valence-electron chi connectivity index (χ0n) is 20.9. The molecular weight excluding hydrogens is 529 g/mol. The van der Waals surface area contributed by atoms with Crippen molar-refractivity contribution in [3.05, 3.63) is 58.6 Å². The van der Waals surface area contributed by atoms with Gasteiger partial charge >= 0.3 is 6.18 Å². The second-order valence-corrected chi connectivity index (χ2v) is 10.6. The molecule has 0 spiro atoms. The van der Waals surface area contributed by atoms with Crippen LogP contribution in [0.3, 0.4) is 0 Å². The van der Waals surface area contributed by atoms with Gasteiger partial charge in [-0.1, -0.05) is 0 Å². The average molecular weight is 556 g/mol. The SMILES string of the molecule is Cc1cnc(-c2cc(OCC3CN(C)CCC3(F)F)cc(C(=O)NC(C)c3cnc(C(F)(F)F)nc3)c2)s1. The van der Waals surface area contributed by atoms with Crippen molar-refractivity contribution in [2.75, 3.05) is 26.7 Å². The van der Waals surface area contributed by atoms with E-state index in [4.69, 9.17) is 4.74 Å². The molecule has 3 aromatic rings. The smallest absolute Gasteiger partial charge is 0.451 e. The summed E-state index contributed by atoms with van der Waals surface area (Å²) in [6.07, 6.45) is -1.24. The van der Waals surface area contributed by atoms with E-state index in [-0.39, 0.29) is 36.4 Å². The summed E-state index contributed by atoms with van der Waals surface area (Å²) in [7, 11) is 1.78. The summed E-state index contributed by atoms with van der Waals surface area (Å²) in [4.78, 5) is 26.9. The lowest BCUT2D eigenvalue weighted by Gasteiger charge is -2.36. The number of nitrogens with one attached hydrogen (secondary N) is 1. The highest BCUT2D eigenvalue weighted by molar-refractivity contribution is 7.14. The standard InChI is InChI=1S/C25H26F5N5O2S/c1-14-9-31-22(38-14)17-6-16(7-20(8-17)37-13-19-12-35(3)5-4-24(19,26)27)21(36)34-15(2)18-10-32-23(33-11-18)25(28,29)30/h6-11,15,19H,4-5,12-13H2,1-3H3,(H,34,36). The number of carbonyl (C=O) groups is 1. The summed E-state index contributed by atoms with van der Waals surface area (Å²) in [5.74, 6) is -5.46. The summed E-state index contributed by atoms with van der Waals surface area (Å²) >= 11 is 1.40. The Morgan fingerprint density at radius 1 is 1.21 bits per heavy atom. The van der Waals surface area contributed by atoms with E-state index in [2.05, 4.69) is 20.3 Å². The molecule has 1 aliphatic rings. The van der Waals surface area contributed by atoms with Crippen LogP contribution in [0.1, 0.15) is 46.0 Å². The van der Waals surface area contributed by atoms with Gasteiger partial charge in [0, 0.05) is 59.7 Å². The Balaban J connectivity index is 1.55. The van der Waals surface area contributed by atoms with E-state index >= 15 is 0 Å². The Morgan fingerprint density at radius 3 is 2.55 bits per heavy atom. The third-order valence-corrected chi connectivity index (χ3v) is 7.18. The molecule has 0 saturated carbocycles. The molecule has 1 aliphatic heterocycles. The fourth-order valence-electron chi connectivity index (χ4n) is 4.01. The summed E-state index contributed by atoms with van der Waals surface area (Å²) in [5, 5.41) is 3.33. The van der Waals surface area contributed by atoms with Crippen LogP contribution in [-0.4, -0.2) is 58.4 Å². The summed E-state index contributed by atoms with van der Waals surface area (Å²) in [6, 6.07) is 3.98. The Labute approximate surface area is 220 Å². The molecule has 0 aliphatic carbocycles. The summed E-state index contributed by atoms with van der Waals surface area (Å²) < 4.78 is 72.9. The zero-order valence-corrected chi connectivity index (χ0v) is 21.7. The molecule has 2 atom stereocenters. The molecule has 2 aromatic heterocycles. The summed E-state index contributed by atoms with van der Waals surface area (Å²) in [6.45, 7) is 3.70. The van der Waals surface area contributed by atoms with Gasteiger partial charge in [0.2, 0.25) is 5.82 Å². The number of rotatable bonds is 7. The fourth-order valence-corrected chi connectivity index (χ4v) is 4.76. The third kappa shape index (κ3) is 6.62. The second-order valence-electron chi connectivity index (χ2n) is 9.34. The number of hydrogen-bond donors (Lipinski definition) is 1. The third-order valence-electron chi connectivity index (χ3n) is 6.22. The predicted octanol–water partition coefficient (Wildman–Crippen LogP) is 5.38. The maximum absolute atomic E-state index is 14.4. The monoisotopic (exact) mass is 555 g/mol. The highest BCUT2D eigenvalue weighted by Crippen LogP contribution is 2.35. The summed E-state index contributed by atoms with van der Waals surface area (Å²) in [5.41, 5.74) is 1.03. The molecule has 13 heteroatoms. The van der Waals surface area contributed by atoms with Crippen LogP contribution in [0.4, 0.5) is 22.0 Å². The zero-order chi connectivity index (χ0) is 27.7. The number of thiazole rings is 1. The Kier molecular flexibility index (Phi) is 7.98. The van der Waals surface area contributed by atoms with Crippen LogP contribution in [0, 0.1) is 12.8 Å². The maximum Gasteiger partial charge on any atom is 0.451 e. The normalized spacial score (nSPS) is 18.7. The van der Waals surface area contributed by atoms with Crippen LogP contribution in [0.2, 0.25) is 0 Å². The highest BCUT2D eigenvalue weighted by Gasteiger charge is 2.43. The topological polar surface area (TPSA) is 80.2 Å². The Hall–Kier alpha value is -3.19. The van der Waals surface area contributed by atoms with Crippen LogP contribution >= 0.6 is 11.3 Å². The molecule has 1 saturated heterocycles. The number of aryl methyl sites for hydroxylation is 1. The minimum absolute atomic E-state index is 0.178. The van der Waals surface area contributed by atoms with Crippen LogP contribution in [0.25, 0.3) is 10.6 Å². The minimum atomic E-state index is -4.67. The molecule has 38 heavy (non-hydrogen) atoms. The molecular formula is C25H26F5N5O2S. The molecule has 1 amide bonds. The van der Waals surface area contributed by atoms with E-state index in [1.54, 1.807) is 32.3 Å². The quantitative estimate of drug-likeness (QED) is 0.394. The maximum atomic E-state index is 14.4. The first-order valence-electron chi connectivity index (χ1n) is 11.8. The number of hydrogen-bond acceptors (Lipinski definition) is 7. The van der Waals surface area contributed by atoms with Crippen molar-refractivity contribution >= 4 is 17.2 Å². The van der Waals surface area contributed by atoms with Gasteiger partial charge in [-0.05, 0) is 39.1 Å². The number of ether oxygens (including phenoxy) is 1. The minimum Gasteiger partial charge on any atom is -0.493 e. The van der Waals surface area contributed by atoms with E-state index in [0.29, 0.717) is 17.1 Å². The first kappa shape index (κ1) is 27.8. The predicted molar refractivity (Wildman–Crippen MR) is 131 cm³/mol. The van der Waals surface area contributed by atoms with Gasteiger partial charge in [0.05, 0.1) is 18.6 Å². The Morgan fingerprint density at radius 2 is 1.92 bits per heavy atom. The molecule has 0 bridgehead atoms. The van der Waals surface area contributed by atoms with E-state index < -0.39 is 35.8 Å². The first-order valence-corrected chi connectivity index (χ1v) is 12.6. The molecule has 1 fully saturated rings. The second kappa shape index (κ2) is 10.9. The lowest BCUT2D eigenvalue weighted by atomic mass is 9.94. The van der Waals surface area contributed by atoms with Crippen LogP contribution in [0.5, 0.6) is 5.75 Å². The van der Waals surface area contributed by atoms with Crippen LogP contribution < -0.4 is 10.1 Å². The van der Waals surface area contributed by atoms with E-state index in [0.717, 1.165) is 17.3 Å². The van der Waals surface area contributed by atoms with Crippen LogP contribution in [-0.2, 0) is 6.18 Å². The number of nitrogens with zero attached hydrogens (tertiary/aromatic N) is 4. The number of aromatic nitrogens is 3. The van der Waals surface area contributed by atoms with Gasteiger partial charge in [-0.25, -0.2) is 23.7 Å². The van der Waals surface area contributed by atoms with Gasteiger partial charge in [-0.15, -0.1) is 11.3 Å². The van der Waals surface area contributed by atoms with E-state index in [1.165, 1.54) is 17.4 Å². The van der Waals surface area contributed by atoms with Crippen molar-refractivity contribution in [1.29, 1.82) is 0 Å². The molecule has 1 N–H and O–H groups in total. The number of halogens is 5. The van der Waals surface area contributed by atoms with Crippen LogP contribution in [0.15, 0.2) is 36.8 Å². The number of piperidine rings is 1. The fraction of sp³-hybridized carbons (Fsp3) is 0.440. The van der Waals surface area contributed by atoms with Crippen molar-refractivity contribution in [2.45, 2.75) is 38.4 Å². The molecule has 4 rings (SSSR count). The van der Waals surface area contributed by atoms with Crippen molar-refractivity contribution in [2.24, 2.45) is 5.92 Å². The first-order chi connectivity index (χ1) is 17.8. The van der Waals surface area contributed by atoms with Gasteiger partial charge in [0.25, 0.3) is 11.8 Å². The number of likely N-dealkylation sites (tertiary alicyclic amines) is 1. The lowest BCUT2D eigenvalue weighted by Crippen LogP contribution is -2.47. The van der Waals surface area contributed by atoms with E-state index in [1.807, 2.05) is 11.8 Å². The molecule has 7 nitrogen and oxygen atoms in total. The molecule has 2 unspecified atom stereocenters. The number of carbonyl (C=O) groups excluding carboxylic acids is 1. The molecule has 1 aromatic carbocycles. The van der Waals surface area contributed by atoms with Gasteiger partial charge < -0.3 is 15.0 Å². The average Bonchev–Trinajstić information content (AvgIpc) is 3.30. The molecule has 0 radical (unpaired) electrons. The lowest BCUT2D eigenvalue weighted by molar-refractivity contribution is -0.145. The largest absolute Gasteiger partial charge is 0.493 e. The van der Waals surface area contributed by atoms with Crippen molar-refractivity contribution in [3.8, 4) is 16.3 Å². The van der Waals surface area contributed by atoms with E-state index in [9.17, 15) is 26.7 Å². The highest BCUT2D eigenvalue weighted by atomic mass is 32.1. The number of alkyl halides is 5. The Bertz CT molecular complexity index is 1280.